The van der Waals surface area contributed by atoms with Crippen molar-refractivity contribution in [3.63, 3.8) is 0 Å². The van der Waals surface area contributed by atoms with Crippen molar-refractivity contribution in [1.29, 1.82) is 0 Å². The van der Waals surface area contributed by atoms with Crippen LogP contribution in [0, 0.1) is 0 Å². The molecule has 238 valence electrons. The Kier molecular flexibility index (Phi) is 31.2. The first kappa shape index (κ1) is 39.2. The van der Waals surface area contributed by atoms with Gasteiger partial charge in [0.15, 0.2) is 0 Å². The molecule has 0 aromatic heterocycles. The topological polar surface area (TPSA) is 63.6 Å². The van der Waals surface area contributed by atoms with Gasteiger partial charge in [-0.15, -0.1) is 0 Å². The van der Waals surface area contributed by atoms with Crippen LogP contribution in [-0.4, -0.2) is 23.1 Å². The lowest BCUT2D eigenvalue weighted by molar-refractivity contribution is -0.148. The monoisotopic (exact) mass is 574 g/mol. The maximum atomic E-state index is 12.1. The second-order valence-corrected chi connectivity index (χ2v) is 11.8. The van der Waals surface area contributed by atoms with Crippen LogP contribution in [0.4, 0.5) is 0 Å². The zero-order chi connectivity index (χ0) is 30.1. The average molecular weight is 575 g/mol. The Bertz CT molecular complexity index is 664. The first-order chi connectivity index (χ1) is 20.1. The van der Waals surface area contributed by atoms with E-state index in [2.05, 4.69) is 43.4 Å². The van der Waals surface area contributed by atoms with Gasteiger partial charge in [0.05, 0.1) is 6.10 Å². The highest BCUT2D eigenvalue weighted by Crippen LogP contribution is 2.15. The van der Waals surface area contributed by atoms with Crippen LogP contribution in [0.25, 0.3) is 0 Å². The summed E-state index contributed by atoms with van der Waals surface area (Å²) in [6.07, 6.45) is 42.8. The van der Waals surface area contributed by atoms with Gasteiger partial charge in [-0.1, -0.05) is 140 Å². The predicted octanol–water partition coefficient (Wildman–Crippen LogP) is 11.8. The van der Waals surface area contributed by atoms with Crippen LogP contribution in [0.3, 0.4) is 0 Å². The number of hydrogen-bond acceptors (Lipinski definition) is 3. The van der Waals surface area contributed by atoms with Crippen molar-refractivity contribution < 1.29 is 19.4 Å². The maximum absolute atomic E-state index is 12.1. The predicted molar refractivity (Wildman–Crippen MR) is 176 cm³/mol. The van der Waals surface area contributed by atoms with Gasteiger partial charge in [0.25, 0.3) is 0 Å². The molecule has 4 heteroatoms. The van der Waals surface area contributed by atoms with E-state index in [-0.39, 0.29) is 12.1 Å². The fourth-order valence-corrected chi connectivity index (χ4v) is 5.06. The lowest BCUT2D eigenvalue weighted by atomic mass is 10.0. The molecule has 0 amide bonds. The molecule has 1 atom stereocenters. The summed E-state index contributed by atoms with van der Waals surface area (Å²) in [6.45, 7) is 4.20. The number of carbonyl (C=O) groups is 2. The average Bonchev–Trinajstić information content (AvgIpc) is 2.94. The highest BCUT2D eigenvalue weighted by atomic mass is 16.5. The molecule has 1 N–H and O–H groups in total. The number of allylic oxidation sites excluding steroid dienone is 6. The number of unbranched alkanes of at least 4 members (excludes halogenated alkanes) is 18. The van der Waals surface area contributed by atoms with Crippen LogP contribution in [0.5, 0.6) is 0 Å². The van der Waals surface area contributed by atoms with Gasteiger partial charge in [-0.25, -0.2) is 0 Å². The van der Waals surface area contributed by atoms with E-state index < -0.39 is 5.97 Å². The molecule has 0 saturated carbocycles. The molecule has 0 aliphatic rings. The minimum Gasteiger partial charge on any atom is -0.481 e. The number of rotatable bonds is 31. The Balaban J connectivity index is 3.36. The van der Waals surface area contributed by atoms with Crippen LogP contribution in [0.2, 0.25) is 0 Å². The van der Waals surface area contributed by atoms with E-state index in [1.54, 1.807) is 0 Å². The van der Waals surface area contributed by atoms with Crippen molar-refractivity contribution in [1.82, 2.24) is 0 Å². The summed E-state index contributed by atoms with van der Waals surface area (Å²) in [5.74, 6) is -0.688. The lowest BCUT2D eigenvalue weighted by Crippen LogP contribution is -2.14. The van der Waals surface area contributed by atoms with Crippen molar-refractivity contribution in [2.75, 3.05) is 0 Å². The van der Waals surface area contributed by atoms with E-state index in [1.165, 1.54) is 96.3 Å². The van der Waals surface area contributed by atoms with Crippen molar-refractivity contribution in [2.45, 2.75) is 187 Å². The Morgan fingerprint density at radius 2 is 0.976 bits per heavy atom. The summed E-state index contributed by atoms with van der Waals surface area (Å²) >= 11 is 0. The van der Waals surface area contributed by atoms with Gasteiger partial charge in [0.1, 0.15) is 0 Å². The second kappa shape index (κ2) is 32.7. The molecule has 0 fully saturated rings. The van der Waals surface area contributed by atoms with Gasteiger partial charge >= 0.3 is 11.9 Å². The molecule has 4 nitrogen and oxygen atoms in total. The van der Waals surface area contributed by atoms with Crippen LogP contribution >= 0.6 is 0 Å². The molecule has 0 aromatic carbocycles. The SMILES string of the molecule is CC/C=C\C/C=C\C/C=C\CCCCCCCCCC(=O)OC(C)CCCCCCCCCCCCCCC(=O)O. The van der Waals surface area contributed by atoms with Gasteiger partial charge < -0.3 is 9.84 Å². The summed E-state index contributed by atoms with van der Waals surface area (Å²) in [7, 11) is 0. The molecule has 0 aliphatic carbocycles. The van der Waals surface area contributed by atoms with E-state index in [0.717, 1.165) is 57.8 Å². The quantitative estimate of drug-likeness (QED) is 0.0508. The summed E-state index contributed by atoms with van der Waals surface area (Å²) < 4.78 is 5.62. The molecule has 0 spiro atoms. The molecule has 0 heterocycles. The summed E-state index contributed by atoms with van der Waals surface area (Å²) in [5, 5.41) is 8.63. The summed E-state index contributed by atoms with van der Waals surface area (Å²) in [4.78, 5) is 22.6. The van der Waals surface area contributed by atoms with E-state index in [0.29, 0.717) is 12.8 Å². The third-order valence-corrected chi connectivity index (χ3v) is 7.62. The van der Waals surface area contributed by atoms with Crippen LogP contribution in [-0.2, 0) is 14.3 Å². The van der Waals surface area contributed by atoms with Gasteiger partial charge in [-0.05, 0) is 64.7 Å². The molecule has 1 unspecified atom stereocenters. The molecular weight excluding hydrogens is 508 g/mol. The Morgan fingerprint density at radius 1 is 0.561 bits per heavy atom. The summed E-state index contributed by atoms with van der Waals surface area (Å²) in [5.41, 5.74) is 0. The number of ether oxygens (including phenoxy) is 1. The maximum Gasteiger partial charge on any atom is 0.306 e. The van der Waals surface area contributed by atoms with Crippen LogP contribution in [0.1, 0.15) is 181 Å². The zero-order valence-electron chi connectivity index (χ0n) is 27.1. The summed E-state index contributed by atoms with van der Waals surface area (Å²) in [6, 6.07) is 0. The van der Waals surface area contributed by atoms with Crippen molar-refractivity contribution in [2.24, 2.45) is 0 Å². The van der Waals surface area contributed by atoms with E-state index in [4.69, 9.17) is 9.84 Å². The highest BCUT2D eigenvalue weighted by Gasteiger charge is 2.09. The van der Waals surface area contributed by atoms with Gasteiger partial charge in [-0.3, -0.25) is 9.59 Å². The molecule has 0 aromatic rings. The van der Waals surface area contributed by atoms with Crippen molar-refractivity contribution in [3.05, 3.63) is 36.5 Å². The second-order valence-electron chi connectivity index (χ2n) is 11.8. The lowest BCUT2D eigenvalue weighted by Gasteiger charge is -2.13. The smallest absolute Gasteiger partial charge is 0.306 e. The number of carboxylic acids is 1. The van der Waals surface area contributed by atoms with E-state index in [1.807, 2.05) is 6.92 Å². The van der Waals surface area contributed by atoms with Gasteiger partial charge in [0.2, 0.25) is 0 Å². The van der Waals surface area contributed by atoms with Crippen LogP contribution in [0.15, 0.2) is 36.5 Å². The molecule has 41 heavy (non-hydrogen) atoms. The minimum absolute atomic E-state index is 0.0153. The Labute approximate surface area is 254 Å². The van der Waals surface area contributed by atoms with E-state index in [9.17, 15) is 9.59 Å². The molecule has 0 rings (SSSR count). The Morgan fingerprint density at radius 3 is 1.49 bits per heavy atom. The fraction of sp³-hybridized carbons (Fsp3) is 0.784. The van der Waals surface area contributed by atoms with E-state index >= 15 is 0 Å². The van der Waals surface area contributed by atoms with Crippen LogP contribution < -0.4 is 0 Å². The number of aliphatic carboxylic acids is 1. The minimum atomic E-state index is -0.673. The van der Waals surface area contributed by atoms with Crippen molar-refractivity contribution in [3.8, 4) is 0 Å². The van der Waals surface area contributed by atoms with Gasteiger partial charge in [0, 0.05) is 12.8 Å². The zero-order valence-corrected chi connectivity index (χ0v) is 27.1. The first-order valence-electron chi connectivity index (χ1n) is 17.4. The molecule has 0 bridgehead atoms. The molecular formula is C37H66O4. The largest absolute Gasteiger partial charge is 0.481 e. The fourth-order valence-electron chi connectivity index (χ4n) is 5.06. The molecule has 0 aliphatic heterocycles. The molecule has 0 saturated heterocycles. The highest BCUT2D eigenvalue weighted by molar-refractivity contribution is 5.69. The number of carbonyl (C=O) groups excluding carboxylic acids is 1. The third kappa shape index (κ3) is 34.3. The normalized spacial score (nSPS) is 12.6. The third-order valence-electron chi connectivity index (χ3n) is 7.62. The standard InChI is InChI=1S/C37H66O4/c1-3-4-5-6-7-8-9-10-11-12-13-14-19-22-25-28-31-34-37(40)41-35(2)32-29-26-23-20-17-15-16-18-21-24-27-30-33-36(38)39/h4-5,7-8,10-11,35H,3,6,9,12-34H2,1-2H3,(H,38,39)/b5-4-,8-7-,11-10-. The Hall–Kier alpha value is -1.84. The van der Waals surface area contributed by atoms with Crippen molar-refractivity contribution >= 4 is 11.9 Å². The number of esters is 1. The number of carboxylic acid groups (broad SMARTS) is 1. The number of hydrogen-bond donors (Lipinski definition) is 1. The first-order valence-corrected chi connectivity index (χ1v) is 17.4. The van der Waals surface area contributed by atoms with Gasteiger partial charge in [-0.2, -0.15) is 0 Å². The molecule has 0 radical (unpaired) electrons.